The molecule has 3 heterocycles. The van der Waals surface area contributed by atoms with Crippen LogP contribution in [-0.4, -0.2) is 137 Å². The first kappa shape index (κ1) is 41.4. The van der Waals surface area contributed by atoms with Crippen molar-refractivity contribution in [2.45, 2.75) is 39.0 Å². The third-order valence-electron chi connectivity index (χ3n) is 8.15. The number of carbonyl (C=O) groups is 3. The van der Waals surface area contributed by atoms with Gasteiger partial charge in [-0.1, -0.05) is 24.3 Å². The van der Waals surface area contributed by atoms with Gasteiger partial charge in [0.1, 0.15) is 17.0 Å². The Balaban J connectivity index is 1.46. The van der Waals surface area contributed by atoms with Crippen molar-refractivity contribution in [3.8, 4) is 0 Å². The number of rotatable bonds is 8. The largest absolute Gasteiger partial charge is 0.464 e. The van der Waals surface area contributed by atoms with Crippen LogP contribution >= 0.6 is 0 Å². The first-order valence-corrected chi connectivity index (χ1v) is 17.8. The second-order valence-corrected chi connectivity index (χ2v) is 13.2. The molecule has 0 aliphatic carbocycles. The molecule has 3 aromatic rings. The van der Waals surface area contributed by atoms with Crippen LogP contribution in [0.3, 0.4) is 0 Å². The van der Waals surface area contributed by atoms with Crippen molar-refractivity contribution in [1.82, 2.24) is 19.8 Å². The van der Waals surface area contributed by atoms with Crippen LogP contribution in [0.15, 0.2) is 60.7 Å². The first-order chi connectivity index (χ1) is 25.6. The molecule has 2 aromatic heterocycles. The highest BCUT2D eigenvalue weighted by Gasteiger charge is 2.26. The van der Waals surface area contributed by atoms with Crippen LogP contribution in [-0.2, 0) is 39.7 Å². The maximum Gasteiger partial charge on any atom is 0.356 e. The number of esters is 3. The predicted molar refractivity (Wildman–Crippen MR) is 195 cm³/mol. The lowest BCUT2D eigenvalue weighted by molar-refractivity contribution is 0.00328. The highest BCUT2D eigenvalue weighted by molar-refractivity contribution is 5.90. The molecule has 4 rings (SSSR count). The quantitative estimate of drug-likeness (QED) is 0.243. The van der Waals surface area contributed by atoms with Crippen molar-refractivity contribution in [3.63, 3.8) is 0 Å². The summed E-state index contributed by atoms with van der Waals surface area (Å²) in [4.78, 5) is 50.7. The summed E-state index contributed by atoms with van der Waals surface area (Å²) < 4.78 is 39.2. The van der Waals surface area contributed by atoms with Gasteiger partial charge in [0.2, 0.25) is 0 Å². The molecule has 0 bridgehead atoms. The molecule has 14 heteroatoms. The van der Waals surface area contributed by atoms with Gasteiger partial charge in [0, 0.05) is 32.7 Å². The fraction of sp³-hybridized carbons (Fsp3) is 0.513. The smallest absolute Gasteiger partial charge is 0.356 e. The number of carbonyl (C=O) groups excluding carboxylic acids is 3. The molecular weight excluding hydrogens is 684 g/mol. The monoisotopic (exact) mass is 736 g/mol. The number of nitrogens with zero attached hydrogens (tertiary/aromatic N) is 4. The molecule has 1 unspecified atom stereocenters. The van der Waals surface area contributed by atoms with Crippen molar-refractivity contribution in [1.29, 1.82) is 0 Å². The van der Waals surface area contributed by atoms with Crippen LogP contribution in [0.4, 0.5) is 0 Å². The van der Waals surface area contributed by atoms with E-state index in [2.05, 4.69) is 14.8 Å². The molecular formula is C39H52N4O10. The Morgan fingerprint density at radius 3 is 1.70 bits per heavy atom. The van der Waals surface area contributed by atoms with Gasteiger partial charge < -0.3 is 33.2 Å². The van der Waals surface area contributed by atoms with Gasteiger partial charge in [-0.15, -0.1) is 0 Å². The molecule has 0 spiro atoms. The van der Waals surface area contributed by atoms with E-state index in [1.54, 1.807) is 36.4 Å². The standard InChI is InChI=1S/C39H52N4O10/c1-39(2,3)53-36(44)30-14-12-29(13-15-30)35(32-9-7-11-34(41-32)38(46)48-5)43-18-22-51-26-24-49-20-16-42(17-21-50-25-27-52-23-19-43)28-31-8-6-10-33(40-31)37(45)47-4/h6-15,35H,16-28H2,1-5H3. The zero-order chi connectivity index (χ0) is 38.1. The van der Waals surface area contributed by atoms with Gasteiger partial charge in [-0.3, -0.25) is 9.80 Å². The Morgan fingerprint density at radius 1 is 0.660 bits per heavy atom. The molecule has 53 heavy (non-hydrogen) atoms. The number of methoxy groups -OCH3 is 2. The van der Waals surface area contributed by atoms with Crippen LogP contribution in [0, 0.1) is 0 Å². The average Bonchev–Trinajstić information content (AvgIpc) is 3.15. The van der Waals surface area contributed by atoms with Crippen molar-refractivity contribution < 1.29 is 47.5 Å². The van der Waals surface area contributed by atoms with E-state index in [1.165, 1.54) is 14.2 Å². The minimum atomic E-state index is -0.625. The fourth-order valence-corrected chi connectivity index (χ4v) is 5.58. The van der Waals surface area contributed by atoms with E-state index >= 15 is 0 Å². The molecule has 1 aliphatic rings. The van der Waals surface area contributed by atoms with E-state index in [1.807, 2.05) is 45.0 Å². The molecule has 14 nitrogen and oxygen atoms in total. The summed E-state index contributed by atoms with van der Waals surface area (Å²) in [6.45, 7) is 11.6. The summed E-state index contributed by atoms with van der Waals surface area (Å²) in [6.07, 6.45) is 0. The summed E-state index contributed by atoms with van der Waals surface area (Å²) in [5, 5.41) is 0. The Labute approximate surface area is 311 Å². The maximum absolute atomic E-state index is 12.8. The zero-order valence-electron chi connectivity index (χ0n) is 31.4. The summed E-state index contributed by atoms with van der Waals surface area (Å²) in [5.41, 5.74) is 2.49. The maximum atomic E-state index is 12.8. The molecule has 1 aliphatic heterocycles. The van der Waals surface area contributed by atoms with Gasteiger partial charge >= 0.3 is 17.9 Å². The van der Waals surface area contributed by atoms with Crippen molar-refractivity contribution in [3.05, 3.63) is 94.6 Å². The molecule has 1 saturated heterocycles. The second-order valence-electron chi connectivity index (χ2n) is 13.2. The summed E-state index contributed by atoms with van der Waals surface area (Å²) in [5.74, 6) is -1.43. The molecule has 1 atom stereocenters. The van der Waals surface area contributed by atoms with Crippen molar-refractivity contribution in [2.75, 3.05) is 93.3 Å². The average molecular weight is 737 g/mol. The lowest BCUT2D eigenvalue weighted by Gasteiger charge is -2.32. The summed E-state index contributed by atoms with van der Waals surface area (Å²) >= 11 is 0. The van der Waals surface area contributed by atoms with Gasteiger partial charge in [-0.05, 0) is 62.7 Å². The van der Waals surface area contributed by atoms with E-state index < -0.39 is 29.6 Å². The number of ether oxygens (including phenoxy) is 7. The van der Waals surface area contributed by atoms with Crippen LogP contribution < -0.4 is 0 Å². The number of hydrogen-bond donors (Lipinski definition) is 0. The van der Waals surface area contributed by atoms with E-state index in [-0.39, 0.29) is 11.4 Å². The third-order valence-corrected chi connectivity index (χ3v) is 8.15. The third kappa shape index (κ3) is 13.9. The highest BCUT2D eigenvalue weighted by atomic mass is 16.6. The minimum Gasteiger partial charge on any atom is -0.464 e. The molecule has 0 saturated carbocycles. The highest BCUT2D eigenvalue weighted by Crippen LogP contribution is 2.28. The Kier molecular flexibility index (Phi) is 16.7. The van der Waals surface area contributed by atoms with E-state index in [0.29, 0.717) is 96.8 Å². The fourth-order valence-electron chi connectivity index (χ4n) is 5.58. The van der Waals surface area contributed by atoms with Crippen molar-refractivity contribution in [2.24, 2.45) is 0 Å². The molecule has 0 radical (unpaired) electrons. The van der Waals surface area contributed by atoms with Crippen molar-refractivity contribution >= 4 is 17.9 Å². The summed E-state index contributed by atoms with van der Waals surface area (Å²) in [6, 6.07) is 17.4. The summed E-state index contributed by atoms with van der Waals surface area (Å²) in [7, 11) is 2.66. The van der Waals surface area contributed by atoms with Crippen LogP contribution in [0.1, 0.15) is 75.1 Å². The van der Waals surface area contributed by atoms with Crippen LogP contribution in [0.2, 0.25) is 0 Å². The van der Waals surface area contributed by atoms with E-state index in [0.717, 1.165) is 11.3 Å². The normalized spacial score (nSPS) is 17.2. The van der Waals surface area contributed by atoms with Crippen LogP contribution in [0.5, 0.6) is 0 Å². The lowest BCUT2D eigenvalue weighted by Crippen LogP contribution is -2.36. The second kappa shape index (κ2) is 21.4. The lowest BCUT2D eigenvalue weighted by atomic mass is 9.99. The first-order valence-electron chi connectivity index (χ1n) is 17.8. The van der Waals surface area contributed by atoms with E-state index in [4.69, 9.17) is 38.1 Å². The zero-order valence-corrected chi connectivity index (χ0v) is 31.4. The molecule has 288 valence electrons. The number of aromatic nitrogens is 2. The SMILES string of the molecule is COC(=O)c1cccc(CN2CCOCCOCCN(C(c3ccc(C(=O)OC(C)(C)C)cc3)c3cccc(C(=O)OC)n3)CCOCCOCC2)n1. The Morgan fingerprint density at radius 2 is 1.17 bits per heavy atom. The van der Waals surface area contributed by atoms with Crippen LogP contribution in [0.25, 0.3) is 0 Å². The topological polar surface area (TPSA) is 148 Å². The molecule has 1 fully saturated rings. The Hall–Kier alpha value is -4.31. The van der Waals surface area contributed by atoms with Gasteiger partial charge in [0.15, 0.2) is 0 Å². The number of hydrogen-bond acceptors (Lipinski definition) is 14. The number of benzene rings is 1. The van der Waals surface area contributed by atoms with Gasteiger partial charge in [0.25, 0.3) is 0 Å². The predicted octanol–water partition coefficient (Wildman–Crippen LogP) is 3.98. The Bertz CT molecular complexity index is 1580. The van der Waals surface area contributed by atoms with E-state index in [9.17, 15) is 14.4 Å². The molecule has 1 aromatic carbocycles. The van der Waals surface area contributed by atoms with Gasteiger partial charge in [-0.25, -0.2) is 24.4 Å². The van der Waals surface area contributed by atoms with Gasteiger partial charge in [-0.2, -0.15) is 0 Å². The van der Waals surface area contributed by atoms with Gasteiger partial charge in [0.05, 0.1) is 90.1 Å². The minimum absolute atomic E-state index is 0.188. The molecule has 0 N–H and O–H groups in total. The number of pyridine rings is 2. The molecule has 0 amide bonds.